The average Bonchev–Trinajstić information content (AvgIpc) is 2.63. The first-order valence-electron chi connectivity index (χ1n) is 3.45. The first kappa shape index (κ1) is 8.38. The van der Waals surface area contributed by atoms with E-state index in [2.05, 4.69) is 30.6 Å². The molecule has 2 aromatic rings. The SMILES string of the molecule is Cc1n[nH]c(C)n1.c1c[nH]nn1. The number of nitrogens with zero attached hydrogens (tertiary/aromatic N) is 4. The van der Waals surface area contributed by atoms with Crippen molar-refractivity contribution in [3.63, 3.8) is 0 Å². The second-order valence-electron chi connectivity index (χ2n) is 2.13. The summed E-state index contributed by atoms with van der Waals surface area (Å²) in [5, 5.41) is 15.8. The predicted octanol–water partition coefficient (Wildman–Crippen LogP) is 0.226. The van der Waals surface area contributed by atoms with Gasteiger partial charge in [0.2, 0.25) is 0 Å². The van der Waals surface area contributed by atoms with Crippen LogP contribution in [0, 0.1) is 13.8 Å². The summed E-state index contributed by atoms with van der Waals surface area (Å²) in [6.07, 6.45) is 3.24. The van der Waals surface area contributed by atoms with E-state index in [-0.39, 0.29) is 0 Å². The highest BCUT2D eigenvalue weighted by Gasteiger charge is 1.86. The van der Waals surface area contributed by atoms with Crippen LogP contribution < -0.4 is 0 Å². The van der Waals surface area contributed by atoms with Gasteiger partial charge in [0.1, 0.15) is 11.6 Å². The molecule has 0 unspecified atom stereocenters. The molecule has 64 valence electrons. The van der Waals surface area contributed by atoms with Gasteiger partial charge in [-0.05, 0) is 13.8 Å². The second-order valence-corrected chi connectivity index (χ2v) is 2.13. The van der Waals surface area contributed by atoms with Crippen molar-refractivity contribution >= 4 is 0 Å². The average molecular weight is 166 g/mol. The Morgan fingerprint density at radius 1 is 1.33 bits per heavy atom. The van der Waals surface area contributed by atoms with Crippen molar-refractivity contribution in [1.29, 1.82) is 0 Å². The van der Waals surface area contributed by atoms with E-state index in [1.807, 2.05) is 13.8 Å². The van der Waals surface area contributed by atoms with Gasteiger partial charge in [-0.2, -0.15) is 5.10 Å². The second kappa shape index (κ2) is 4.22. The van der Waals surface area contributed by atoms with Crippen molar-refractivity contribution < 1.29 is 0 Å². The minimum Gasteiger partial charge on any atom is -0.266 e. The summed E-state index contributed by atoms with van der Waals surface area (Å²) < 4.78 is 0. The highest BCUT2D eigenvalue weighted by Crippen LogP contribution is 1.83. The molecule has 0 saturated carbocycles. The smallest absolute Gasteiger partial charge is 0.147 e. The van der Waals surface area contributed by atoms with E-state index in [1.165, 1.54) is 0 Å². The number of H-pyrrole nitrogens is 2. The number of nitrogens with one attached hydrogen (secondary N) is 2. The van der Waals surface area contributed by atoms with Crippen molar-refractivity contribution in [2.75, 3.05) is 0 Å². The van der Waals surface area contributed by atoms with E-state index in [0.29, 0.717) is 0 Å². The molecule has 2 rings (SSSR count). The Labute approximate surface area is 69.4 Å². The van der Waals surface area contributed by atoms with Crippen LogP contribution in [0.2, 0.25) is 0 Å². The Bertz CT molecular complexity index is 264. The van der Waals surface area contributed by atoms with Crippen molar-refractivity contribution in [2.45, 2.75) is 13.8 Å². The lowest BCUT2D eigenvalue weighted by molar-refractivity contribution is 0.940. The van der Waals surface area contributed by atoms with Gasteiger partial charge in [0, 0.05) is 6.20 Å². The van der Waals surface area contributed by atoms with Crippen molar-refractivity contribution in [1.82, 2.24) is 30.6 Å². The molecule has 6 nitrogen and oxygen atoms in total. The van der Waals surface area contributed by atoms with Crippen molar-refractivity contribution in [3.8, 4) is 0 Å². The Hall–Kier alpha value is -1.72. The minimum atomic E-state index is 0.803. The zero-order valence-corrected chi connectivity index (χ0v) is 6.94. The third-order valence-electron chi connectivity index (χ3n) is 1.04. The normalized spacial score (nSPS) is 8.83. The summed E-state index contributed by atoms with van der Waals surface area (Å²) >= 11 is 0. The lowest BCUT2D eigenvalue weighted by atomic mass is 10.7. The molecule has 0 atom stereocenters. The van der Waals surface area contributed by atoms with E-state index in [4.69, 9.17) is 0 Å². The summed E-state index contributed by atoms with van der Waals surface area (Å²) in [5.41, 5.74) is 0. The first-order valence-corrected chi connectivity index (χ1v) is 3.45. The first-order chi connectivity index (χ1) is 5.79. The van der Waals surface area contributed by atoms with Gasteiger partial charge in [0.05, 0.1) is 6.20 Å². The topological polar surface area (TPSA) is 83.1 Å². The number of aromatic amines is 2. The summed E-state index contributed by atoms with van der Waals surface area (Å²) in [4.78, 5) is 3.94. The molecule has 0 aliphatic heterocycles. The van der Waals surface area contributed by atoms with Gasteiger partial charge >= 0.3 is 0 Å². The van der Waals surface area contributed by atoms with Crippen LogP contribution in [0.3, 0.4) is 0 Å². The van der Waals surface area contributed by atoms with Gasteiger partial charge in [-0.3, -0.25) is 10.2 Å². The fourth-order valence-electron chi connectivity index (χ4n) is 0.621. The Kier molecular flexibility index (Phi) is 2.95. The molecule has 2 heterocycles. The van der Waals surface area contributed by atoms with Crippen LogP contribution in [0.25, 0.3) is 0 Å². The van der Waals surface area contributed by atoms with Gasteiger partial charge in [-0.25, -0.2) is 4.98 Å². The highest BCUT2D eigenvalue weighted by molar-refractivity contribution is 4.82. The van der Waals surface area contributed by atoms with Crippen LogP contribution in [-0.4, -0.2) is 30.6 Å². The van der Waals surface area contributed by atoms with Gasteiger partial charge in [0.15, 0.2) is 0 Å². The number of hydrogen-bond donors (Lipinski definition) is 2. The Morgan fingerprint density at radius 2 is 2.17 bits per heavy atom. The molecule has 0 aliphatic carbocycles. The predicted molar refractivity (Wildman–Crippen MR) is 42.2 cm³/mol. The number of aromatic nitrogens is 6. The molecule has 0 fully saturated rings. The lowest BCUT2D eigenvalue weighted by Gasteiger charge is -1.68. The summed E-state index contributed by atoms with van der Waals surface area (Å²) in [6, 6.07) is 0. The van der Waals surface area contributed by atoms with Gasteiger partial charge in [-0.15, -0.1) is 5.10 Å². The monoisotopic (exact) mass is 166 g/mol. The standard InChI is InChI=1S/C4H7N3.C2H3N3/c1-3-5-4(2)7-6-3;1-2-4-5-3-1/h1-2H3,(H,5,6,7);1-2H,(H,3,4,5). The maximum absolute atomic E-state index is 3.94. The molecular formula is C6H10N6. The molecule has 12 heavy (non-hydrogen) atoms. The zero-order valence-electron chi connectivity index (χ0n) is 6.94. The minimum absolute atomic E-state index is 0.803. The van der Waals surface area contributed by atoms with Crippen LogP contribution in [-0.2, 0) is 0 Å². The maximum atomic E-state index is 3.94. The zero-order chi connectivity index (χ0) is 8.81. The molecule has 0 aromatic carbocycles. The molecule has 2 N–H and O–H groups in total. The lowest BCUT2D eigenvalue weighted by Crippen LogP contribution is -1.70. The van der Waals surface area contributed by atoms with Crippen LogP contribution in [0.4, 0.5) is 0 Å². The van der Waals surface area contributed by atoms with E-state index < -0.39 is 0 Å². The molecule has 0 aliphatic rings. The molecule has 0 radical (unpaired) electrons. The molecule has 6 heteroatoms. The van der Waals surface area contributed by atoms with Gasteiger partial charge in [-0.1, -0.05) is 5.21 Å². The quantitative estimate of drug-likeness (QED) is 0.586. The maximum Gasteiger partial charge on any atom is 0.147 e. The van der Waals surface area contributed by atoms with E-state index in [1.54, 1.807) is 12.4 Å². The van der Waals surface area contributed by atoms with Crippen molar-refractivity contribution in [2.24, 2.45) is 0 Å². The van der Waals surface area contributed by atoms with E-state index in [0.717, 1.165) is 11.6 Å². The van der Waals surface area contributed by atoms with E-state index >= 15 is 0 Å². The molecule has 0 amide bonds. The van der Waals surface area contributed by atoms with Crippen LogP contribution in [0.15, 0.2) is 12.4 Å². The summed E-state index contributed by atoms with van der Waals surface area (Å²) in [6.45, 7) is 3.73. The fraction of sp³-hybridized carbons (Fsp3) is 0.333. The third kappa shape index (κ3) is 2.91. The summed E-state index contributed by atoms with van der Waals surface area (Å²) in [5.74, 6) is 1.68. The highest BCUT2D eigenvalue weighted by atomic mass is 15.3. The van der Waals surface area contributed by atoms with Crippen LogP contribution in [0.5, 0.6) is 0 Å². The molecule has 2 aromatic heterocycles. The van der Waals surface area contributed by atoms with Crippen LogP contribution in [0.1, 0.15) is 11.6 Å². The van der Waals surface area contributed by atoms with Crippen molar-refractivity contribution in [3.05, 3.63) is 24.0 Å². The van der Waals surface area contributed by atoms with Gasteiger partial charge in [0.25, 0.3) is 0 Å². The fourth-order valence-corrected chi connectivity index (χ4v) is 0.621. The Balaban J connectivity index is 0.000000127. The number of aryl methyl sites for hydroxylation is 2. The number of rotatable bonds is 0. The van der Waals surface area contributed by atoms with Gasteiger partial charge < -0.3 is 0 Å². The Morgan fingerprint density at radius 3 is 2.33 bits per heavy atom. The largest absolute Gasteiger partial charge is 0.266 e. The third-order valence-corrected chi connectivity index (χ3v) is 1.04. The summed E-state index contributed by atoms with van der Waals surface area (Å²) in [7, 11) is 0. The molecular weight excluding hydrogens is 156 g/mol. The number of hydrogen-bond acceptors (Lipinski definition) is 4. The molecule has 0 saturated heterocycles. The molecule has 0 bridgehead atoms. The van der Waals surface area contributed by atoms with Crippen LogP contribution >= 0.6 is 0 Å². The van der Waals surface area contributed by atoms with E-state index in [9.17, 15) is 0 Å². The molecule has 0 spiro atoms.